The second-order valence-corrected chi connectivity index (χ2v) is 7.95. The van der Waals surface area contributed by atoms with Crippen LogP contribution in [-0.4, -0.2) is 28.4 Å². The van der Waals surface area contributed by atoms with E-state index in [4.69, 9.17) is 0 Å². The van der Waals surface area contributed by atoms with Gasteiger partial charge in [-0.3, -0.25) is 14.4 Å². The van der Waals surface area contributed by atoms with Crippen molar-refractivity contribution in [1.82, 2.24) is 5.01 Å². The van der Waals surface area contributed by atoms with Crippen molar-refractivity contribution in [2.24, 2.45) is 5.10 Å². The number of nitrogens with zero attached hydrogens (tertiary/aromatic N) is 2. The molecule has 0 unspecified atom stereocenters. The smallest absolute Gasteiger partial charge is 0.271 e. The first kappa shape index (κ1) is 22.8. The van der Waals surface area contributed by atoms with Crippen LogP contribution >= 0.6 is 0 Å². The molecular formula is C26H23FN4O3. The molecule has 2 N–H and O–H groups in total. The molecule has 3 amide bonds. The number of aryl methyl sites for hydroxylation is 1. The van der Waals surface area contributed by atoms with Crippen LogP contribution in [-0.2, 0) is 16.1 Å². The number of benzene rings is 3. The van der Waals surface area contributed by atoms with Gasteiger partial charge in [0.25, 0.3) is 11.8 Å². The molecule has 3 aromatic rings. The topological polar surface area (TPSA) is 90.9 Å². The summed E-state index contributed by atoms with van der Waals surface area (Å²) < 4.78 is 13.2. The van der Waals surface area contributed by atoms with E-state index >= 15 is 0 Å². The molecule has 3 aromatic carbocycles. The summed E-state index contributed by atoms with van der Waals surface area (Å²) in [5, 5.41) is 11.0. The van der Waals surface area contributed by atoms with Crippen LogP contribution in [0.25, 0.3) is 0 Å². The third-order valence-corrected chi connectivity index (χ3v) is 5.31. The number of hydrogen-bond acceptors (Lipinski definition) is 4. The van der Waals surface area contributed by atoms with Gasteiger partial charge in [0.15, 0.2) is 0 Å². The largest absolute Gasteiger partial charge is 0.322 e. The highest BCUT2D eigenvalue weighted by molar-refractivity contribution is 6.44. The maximum atomic E-state index is 13.2. The second-order valence-electron chi connectivity index (χ2n) is 7.95. The van der Waals surface area contributed by atoms with Crippen molar-refractivity contribution in [1.29, 1.82) is 0 Å². The molecule has 0 radical (unpaired) electrons. The molecule has 0 saturated heterocycles. The number of hydrazone groups is 1. The van der Waals surface area contributed by atoms with Crippen LogP contribution < -0.4 is 10.6 Å². The van der Waals surface area contributed by atoms with E-state index in [1.807, 2.05) is 25.1 Å². The van der Waals surface area contributed by atoms with Crippen LogP contribution in [0.2, 0.25) is 0 Å². The number of amides is 3. The molecule has 0 atom stereocenters. The zero-order chi connectivity index (χ0) is 24.1. The fourth-order valence-electron chi connectivity index (χ4n) is 3.56. The highest BCUT2D eigenvalue weighted by Gasteiger charge is 2.25. The van der Waals surface area contributed by atoms with Crippen molar-refractivity contribution in [2.45, 2.75) is 26.3 Å². The average molecular weight is 458 g/mol. The summed E-state index contributed by atoms with van der Waals surface area (Å²) in [6.07, 6.45) is 0.311. The number of carbonyl (C=O) groups is 3. The molecule has 0 bridgehead atoms. The number of nitrogens with one attached hydrogen (secondary N) is 2. The molecule has 0 spiro atoms. The summed E-state index contributed by atoms with van der Waals surface area (Å²) in [5.74, 6) is -1.45. The van der Waals surface area contributed by atoms with Crippen molar-refractivity contribution in [3.8, 4) is 0 Å². The van der Waals surface area contributed by atoms with E-state index < -0.39 is 5.91 Å². The Balaban J connectivity index is 1.49. The predicted octanol–water partition coefficient (Wildman–Crippen LogP) is 4.50. The predicted molar refractivity (Wildman–Crippen MR) is 128 cm³/mol. The van der Waals surface area contributed by atoms with Crippen LogP contribution in [0.5, 0.6) is 0 Å². The van der Waals surface area contributed by atoms with Gasteiger partial charge < -0.3 is 10.6 Å². The molecular weight excluding hydrogens is 435 g/mol. The molecule has 34 heavy (non-hydrogen) atoms. The highest BCUT2D eigenvalue weighted by Crippen LogP contribution is 2.20. The summed E-state index contributed by atoms with van der Waals surface area (Å²) in [7, 11) is 0. The lowest BCUT2D eigenvalue weighted by Gasteiger charge is -2.23. The van der Waals surface area contributed by atoms with E-state index in [0.717, 1.165) is 5.56 Å². The Morgan fingerprint density at radius 2 is 1.71 bits per heavy atom. The molecule has 0 fully saturated rings. The fraction of sp³-hybridized carbons (Fsp3) is 0.154. The van der Waals surface area contributed by atoms with Gasteiger partial charge in [-0.05, 0) is 54.4 Å². The first-order chi connectivity index (χ1) is 16.4. The van der Waals surface area contributed by atoms with Gasteiger partial charge in [0.05, 0.1) is 17.8 Å². The second kappa shape index (κ2) is 10.1. The number of rotatable bonds is 6. The fourth-order valence-corrected chi connectivity index (χ4v) is 3.56. The monoisotopic (exact) mass is 458 g/mol. The first-order valence-electron chi connectivity index (χ1n) is 10.8. The molecule has 8 heteroatoms. The molecule has 0 saturated carbocycles. The normalized spacial score (nSPS) is 13.3. The molecule has 0 aromatic heterocycles. The first-order valence-corrected chi connectivity index (χ1v) is 10.8. The minimum Gasteiger partial charge on any atom is -0.322 e. The van der Waals surface area contributed by atoms with Crippen LogP contribution in [0, 0.1) is 12.7 Å². The van der Waals surface area contributed by atoms with Crippen LogP contribution in [0.4, 0.5) is 15.8 Å². The number of anilines is 2. The van der Waals surface area contributed by atoms with Crippen molar-refractivity contribution in [2.75, 3.05) is 10.6 Å². The number of hydrogen-bond donors (Lipinski definition) is 2. The number of carbonyl (C=O) groups excluding carboxylic acids is 3. The van der Waals surface area contributed by atoms with Crippen molar-refractivity contribution < 1.29 is 18.8 Å². The Morgan fingerprint density at radius 3 is 2.47 bits per heavy atom. The van der Waals surface area contributed by atoms with Crippen LogP contribution in [0.3, 0.4) is 0 Å². The van der Waals surface area contributed by atoms with E-state index in [9.17, 15) is 18.8 Å². The molecule has 1 heterocycles. The maximum absolute atomic E-state index is 13.2. The van der Waals surface area contributed by atoms with E-state index in [1.54, 1.807) is 42.5 Å². The SMILES string of the molecule is Cc1cccc(NC(=O)c2ccccc2NC(=O)C2=NN(Cc3ccc(F)cc3)C(=O)CC2)c1. The lowest BCUT2D eigenvalue weighted by atomic mass is 10.1. The summed E-state index contributed by atoms with van der Waals surface area (Å²) in [5.41, 5.74) is 3.16. The molecule has 7 nitrogen and oxygen atoms in total. The van der Waals surface area contributed by atoms with Crippen LogP contribution in [0.1, 0.15) is 34.3 Å². The van der Waals surface area contributed by atoms with Gasteiger partial charge in [0.1, 0.15) is 11.5 Å². The lowest BCUT2D eigenvalue weighted by Crippen LogP contribution is -2.36. The number of halogens is 1. The highest BCUT2D eigenvalue weighted by atomic mass is 19.1. The minimum atomic E-state index is -0.493. The van der Waals surface area contributed by atoms with Gasteiger partial charge in [0, 0.05) is 18.5 Å². The van der Waals surface area contributed by atoms with E-state index in [1.165, 1.54) is 17.1 Å². The summed E-state index contributed by atoms with van der Waals surface area (Å²) in [4.78, 5) is 38.1. The zero-order valence-corrected chi connectivity index (χ0v) is 18.5. The van der Waals surface area contributed by atoms with E-state index in [2.05, 4.69) is 15.7 Å². The molecule has 172 valence electrons. The third kappa shape index (κ3) is 5.53. The van der Waals surface area contributed by atoms with Gasteiger partial charge in [-0.2, -0.15) is 5.10 Å². The molecule has 1 aliphatic heterocycles. The van der Waals surface area contributed by atoms with Crippen molar-refractivity contribution in [3.63, 3.8) is 0 Å². The molecule has 0 aliphatic carbocycles. The van der Waals surface area contributed by atoms with Gasteiger partial charge in [-0.1, -0.05) is 36.4 Å². The Kier molecular flexibility index (Phi) is 6.77. The maximum Gasteiger partial charge on any atom is 0.271 e. The third-order valence-electron chi connectivity index (χ3n) is 5.31. The Bertz CT molecular complexity index is 1270. The molecule has 1 aliphatic rings. The van der Waals surface area contributed by atoms with Gasteiger partial charge in [-0.15, -0.1) is 0 Å². The van der Waals surface area contributed by atoms with E-state index in [0.29, 0.717) is 22.5 Å². The van der Waals surface area contributed by atoms with Gasteiger partial charge in [-0.25, -0.2) is 9.40 Å². The summed E-state index contributed by atoms with van der Waals surface area (Å²) >= 11 is 0. The summed E-state index contributed by atoms with van der Waals surface area (Å²) in [6.45, 7) is 2.06. The number of para-hydroxylation sites is 1. The molecule has 4 rings (SSSR count). The summed E-state index contributed by atoms with van der Waals surface area (Å²) in [6, 6.07) is 19.8. The standard InChI is InChI=1S/C26H23FN4O3/c1-17-5-4-6-20(15-17)28-25(33)21-7-2-3-8-22(21)29-26(34)23-13-14-24(32)31(30-23)16-18-9-11-19(27)12-10-18/h2-12,15H,13-14,16H2,1H3,(H,28,33)(H,29,34). The average Bonchev–Trinajstić information content (AvgIpc) is 2.82. The van der Waals surface area contributed by atoms with Gasteiger partial charge >= 0.3 is 0 Å². The van der Waals surface area contributed by atoms with Crippen LogP contribution in [0.15, 0.2) is 77.9 Å². The Hall–Kier alpha value is -4.33. The lowest BCUT2D eigenvalue weighted by molar-refractivity contribution is -0.132. The Morgan fingerprint density at radius 1 is 0.941 bits per heavy atom. The van der Waals surface area contributed by atoms with Crippen molar-refractivity contribution >= 4 is 34.8 Å². The minimum absolute atomic E-state index is 0.128. The quantitative estimate of drug-likeness (QED) is 0.570. The van der Waals surface area contributed by atoms with Crippen molar-refractivity contribution in [3.05, 3.63) is 95.3 Å². The van der Waals surface area contributed by atoms with E-state index in [-0.39, 0.29) is 42.7 Å². The zero-order valence-electron chi connectivity index (χ0n) is 18.5. The Labute approximate surface area is 196 Å². The van der Waals surface area contributed by atoms with Gasteiger partial charge in [0.2, 0.25) is 5.91 Å².